The molecule has 28 heavy (non-hydrogen) atoms. The van der Waals surface area contributed by atoms with Crippen molar-refractivity contribution in [3.63, 3.8) is 0 Å². The summed E-state index contributed by atoms with van der Waals surface area (Å²) < 4.78 is 0. The van der Waals surface area contributed by atoms with Crippen molar-refractivity contribution in [2.75, 3.05) is 6.54 Å². The first-order valence-corrected chi connectivity index (χ1v) is 11.7. The molecule has 0 aliphatic heterocycles. The van der Waals surface area contributed by atoms with Crippen molar-refractivity contribution < 1.29 is 0 Å². The molecule has 4 unspecified atom stereocenters. The van der Waals surface area contributed by atoms with E-state index in [0.29, 0.717) is 17.4 Å². The molecule has 5 aliphatic carbocycles. The van der Waals surface area contributed by atoms with Gasteiger partial charge in [-0.25, -0.2) is 0 Å². The summed E-state index contributed by atoms with van der Waals surface area (Å²) in [6.45, 7) is 3.09. The summed E-state index contributed by atoms with van der Waals surface area (Å²) in [7, 11) is 0. The molecule has 0 heterocycles. The smallest absolute Gasteiger partial charge is 0.0824 e. The maximum atomic E-state index is 6.19. The second-order valence-electron chi connectivity index (χ2n) is 10.1. The fraction of sp³-hybridized carbons (Fsp3) is 0.640. The number of nitrogens with one attached hydrogen (secondary N) is 1. The lowest BCUT2D eigenvalue weighted by Gasteiger charge is -2.42. The molecular weight excluding hydrogens is 360 g/mol. The Morgan fingerprint density at radius 3 is 2.57 bits per heavy atom. The predicted molar refractivity (Wildman–Crippen MR) is 120 cm³/mol. The third-order valence-electron chi connectivity index (χ3n) is 8.72. The van der Waals surface area contributed by atoms with Crippen LogP contribution in [-0.4, -0.2) is 17.6 Å². The molecule has 0 amide bonds. The average Bonchev–Trinajstić information content (AvgIpc) is 3.11. The summed E-state index contributed by atoms with van der Waals surface area (Å²) in [5.41, 5.74) is 9.68. The molecule has 6 rings (SSSR count). The van der Waals surface area contributed by atoms with Crippen molar-refractivity contribution in [3.8, 4) is 0 Å². The number of hydrogen-bond donors (Lipinski definition) is 2. The Bertz CT molecular complexity index is 779. The van der Waals surface area contributed by atoms with Gasteiger partial charge < -0.3 is 11.1 Å². The molecule has 4 bridgehead atoms. The maximum absolute atomic E-state index is 6.19. The van der Waals surface area contributed by atoms with Gasteiger partial charge in [-0.1, -0.05) is 54.2 Å². The van der Waals surface area contributed by atoms with Crippen LogP contribution in [0.5, 0.6) is 0 Å². The first-order valence-electron chi connectivity index (χ1n) is 11.3. The minimum Gasteiger partial charge on any atom is -0.376 e. The van der Waals surface area contributed by atoms with Crippen LogP contribution in [0.1, 0.15) is 63.9 Å². The number of nitrogens with two attached hydrogens (primary N) is 1. The Balaban J connectivity index is 1.40. The van der Waals surface area contributed by atoms with Gasteiger partial charge in [-0.15, -0.1) is 0 Å². The lowest BCUT2D eigenvalue weighted by atomic mass is 9.63. The molecule has 4 atom stereocenters. The minimum atomic E-state index is 0.195. The van der Waals surface area contributed by atoms with Crippen LogP contribution >= 0.6 is 12.2 Å². The molecule has 0 radical (unpaired) electrons. The topological polar surface area (TPSA) is 38.0 Å². The molecule has 150 valence electrons. The minimum absolute atomic E-state index is 0.195. The molecule has 0 spiro atoms. The first kappa shape index (κ1) is 18.8. The zero-order valence-electron chi connectivity index (χ0n) is 17.1. The van der Waals surface area contributed by atoms with E-state index in [-0.39, 0.29) is 5.41 Å². The molecule has 5 saturated carbocycles. The Morgan fingerprint density at radius 1 is 1.14 bits per heavy atom. The highest BCUT2D eigenvalue weighted by Crippen LogP contribution is 2.72. The van der Waals surface area contributed by atoms with Crippen LogP contribution in [0.3, 0.4) is 0 Å². The van der Waals surface area contributed by atoms with Crippen LogP contribution in [0, 0.1) is 23.2 Å². The molecule has 5 fully saturated rings. The SMILES string of the molecule is C/C=C1/C2CC3(c4ccccc4)CC1C(C(=S)NC1CCC(CN)CC1)(C2)C3. The van der Waals surface area contributed by atoms with Crippen LogP contribution in [0.4, 0.5) is 0 Å². The van der Waals surface area contributed by atoms with Crippen LogP contribution in [-0.2, 0) is 5.41 Å². The van der Waals surface area contributed by atoms with E-state index >= 15 is 0 Å². The fourth-order valence-electron chi connectivity index (χ4n) is 7.47. The van der Waals surface area contributed by atoms with E-state index in [1.807, 2.05) is 0 Å². The van der Waals surface area contributed by atoms with Crippen LogP contribution in [0.25, 0.3) is 0 Å². The zero-order valence-corrected chi connectivity index (χ0v) is 17.9. The quantitative estimate of drug-likeness (QED) is 0.549. The molecule has 0 aromatic heterocycles. The summed E-state index contributed by atoms with van der Waals surface area (Å²) in [4.78, 5) is 1.19. The molecule has 3 N–H and O–H groups in total. The van der Waals surface area contributed by atoms with Gasteiger partial charge in [-0.3, -0.25) is 0 Å². The maximum Gasteiger partial charge on any atom is 0.0824 e. The number of hydrogen-bond acceptors (Lipinski definition) is 2. The normalized spacial score (nSPS) is 42.9. The number of thiocarbonyl (C=S) groups is 1. The summed E-state index contributed by atoms with van der Waals surface area (Å²) in [5, 5.41) is 3.89. The van der Waals surface area contributed by atoms with Crippen molar-refractivity contribution in [1.82, 2.24) is 5.32 Å². The highest BCUT2D eigenvalue weighted by Gasteiger charge is 2.67. The third-order valence-corrected chi connectivity index (χ3v) is 9.25. The van der Waals surface area contributed by atoms with E-state index < -0.39 is 0 Å². The van der Waals surface area contributed by atoms with Crippen molar-refractivity contribution in [3.05, 3.63) is 47.5 Å². The lowest BCUT2D eigenvalue weighted by Crippen LogP contribution is -2.47. The molecule has 2 nitrogen and oxygen atoms in total. The average molecular weight is 395 g/mol. The highest BCUT2D eigenvalue weighted by molar-refractivity contribution is 7.80. The van der Waals surface area contributed by atoms with Crippen molar-refractivity contribution in [2.45, 2.75) is 69.7 Å². The first-order chi connectivity index (χ1) is 13.6. The van der Waals surface area contributed by atoms with Gasteiger partial charge in [0.1, 0.15) is 0 Å². The Kier molecular flexibility index (Phi) is 4.67. The molecule has 0 saturated heterocycles. The van der Waals surface area contributed by atoms with Crippen LogP contribution < -0.4 is 11.1 Å². The lowest BCUT2D eigenvalue weighted by molar-refractivity contribution is 0.232. The Hall–Kier alpha value is -1.19. The van der Waals surface area contributed by atoms with Gasteiger partial charge in [0.05, 0.1) is 4.99 Å². The van der Waals surface area contributed by atoms with Crippen molar-refractivity contribution in [1.29, 1.82) is 0 Å². The van der Waals surface area contributed by atoms with Gasteiger partial charge in [0, 0.05) is 11.5 Å². The van der Waals surface area contributed by atoms with Crippen LogP contribution in [0.2, 0.25) is 0 Å². The van der Waals surface area contributed by atoms with Gasteiger partial charge in [-0.2, -0.15) is 0 Å². The van der Waals surface area contributed by atoms with Gasteiger partial charge >= 0.3 is 0 Å². The summed E-state index contributed by atoms with van der Waals surface area (Å²) in [5.74, 6) is 2.10. The summed E-state index contributed by atoms with van der Waals surface area (Å²) >= 11 is 6.19. The van der Waals surface area contributed by atoms with Crippen molar-refractivity contribution >= 4 is 17.2 Å². The van der Waals surface area contributed by atoms with E-state index in [1.54, 1.807) is 11.1 Å². The van der Waals surface area contributed by atoms with Gasteiger partial charge in [0.25, 0.3) is 0 Å². The number of allylic oxidation sites excluding steroid dienone is 2. The van der Waals surface area contributed by atoms with E-state index in [4.69, 9.17) is 18.0 Å². The van der Waals surface area contributed by atoms with E-state index in [0.717, 1.165) is 18.4 Å². The summed E-state index contributed by atoms with van der Waals surface area (Å²) in [6.07, 6.45) is 12.5. The molecule has 1 aromatic rings. The molecule has 3 heteroatoms. The van der Waals surface area contributed by atoms with Gasteiger partial charge in [0.15, 0.2) is 0 Å². The van der Waals surface area contributed by atoms with E-state index in [2.05, 4.69) is 48.6 Å². The Labute approximate surface area is 175 Å². The predicted octanol–water partition coefficient (Wildman–Crippen LogP) is 5.13. The van der Waals surface area contributed by atoms with Gasteiger partial charge in [-0.05, 0) is 93.6 Å². The van der Waals surface area contributed by atoms with Crippen molar-refractivity contribution in [2.24, 2.45) is 28.9 Å². The second-order valence-corrected chi connectivity index (χ2v) is 10.5. The molecule has 5 aliphatic rings. The number of rotatable bonds is 4. The highest BCUT2D eigenvalue weighted by atomic mass is 32.1. The molecule has 1 aromatic carbocycles. The number of benzene rings is 1. The fourth-order valence-corrected chi connectivity index (χ4v) is 7.93. The van der Waals surface area contributed by atoms with Gasteiger partial charge in [0.2, 0.25) is 0 Å². The zero-order chi connectivity index (χ0) is 19.4. The third kappa shape index (κ3) is 2.73. The van der Waals surface area contributed by atoms with E-state index in [9.17, 15) is 0 Å². The summed E-state index contributed by atoms with van der Waals surface area (Å²) in [6, 6.07) is 11.9. The van der Waals surface area contributed by atoms with E-state index in [1.165, 1.54) is 56.4 Å². The Morgan fingerprint density at radius 2 is 1.89 bits per heavy atom. The van der Waals surface area contributed by atoms with Crippen LogP contribution in [0.15, 0.2) is 42.0 Å². The largest absolute Gasteiger partial charge is 0.376 e. The monoisotopic (exact) mass is 394 g/mol. The second kappa shape index (κ2) is 6.95. The standard InChI is InChI=1S/C25H34N2S/c1-2-21-18-12-24(19-6-4-3-5-7-19)14-22(21)25(13-18,16-24)23(28)27-20-10-8-17(15-26)9-11-20/h2-7,17-18,20,22H,8-16,26H2,1H3,(H,27,28)/b21-2-. The molecular formula is C25H34N2S.